The first kappa shape index (κ1) is 16.8. The summed E-state index contributed by atoms with van der Waals surface area (Å²) in [6.07, 6.45) is 0.0166. The van der Waals surface area contributed by atoms with Crippen LogP contribution in [0.5, 0.6) is 0 Å². The molecule has 5 heteroatoms. The van der Waals surface area contributed by atoms with E-state index < -0.39 is 12.7 Å². The lowest BCUT2D eigenvalue weighted by atomic mass is 9.89. The van der Waals surface area contributed by atoms with Gasteiger partial charge in [-0.1, -0.05) is 20.3 Å². The van der Waals surface area contributed by atoms with E-state index in [1.54, 1.807) is 0 Å². The van der Waals surface area contributed by atoms with Crippen LogP contribution >= 0.6 is 0 Å². The molecule has 3 unspecified atom stereocenters. The van der Waals surface area contributed by atoms with Crippen LogP contribution in [0.1, 0.15) is 46.5 Å². The Morgan fingerprint density at radius 3 is 2.47 bits per heavy atom. The number of hydrogen-bond donors (Lipinski definition) is 1. The first-order chi connectivity index (χ1) is 8.85. The van der Waals surface area contributed by atoms with Crippen molar-refractivity contribution in [3.63, 3.8) is 0 Å². The van der Waals surface area contributed by atoms with Crippen LogP contribution < -0.4 is 5.32 Å². The zero-order valence-electron chi connectivity index (χ0n) is 12.3. The van der Waals surface area contributed by atoms with Gasteiger partial charge in [0, 0.05) is 25.2 Å². The van der Waals surface area contributed by atoms with Gasteiger partial charge in [0.1, 0.15) is 0 Å². The van der Waals surface area contributed by atoms with E-state index in [1.807, 2.05) is 0 Å². The fraction of sp³-hybridized carbons (Fsp3) is 1.00. The van der Waals surface area contributed by atoms with Crippen LogP contribution in [0.3, 0.4) is 0 Å². The van der Waals surface area contributed by atoms with Crippen LogP contribution in [0.15, 0.2) is 0 Å². The summed E-state index contributed by atoms with van der Waals surface area (Å²) in [5.41, 5.74) is 0. The van der Waals surface area contributed by atoms with E-state index in [0.717, 1.165) is 38.8 Å². The van der Waals surface area contributed by atoms with Gasteiger partial charge < -0.3 is 5.32 Å². The van der Waals surface area contributed by atoms with E-state index in [-0.39, 0.29) is 6.04 Å². The molecule has 1 N–H and O–H groups in total. The highest BCUT2D eigenvalue weighted by molar-refractivity contribution is 4.86. The largest absolute Gasteiger partial charge is 0.401 e. The Kier molecular flexibility index (Phi) is 6.60. The van der Waals surface area contributed by atoms with Crippen molar-refractivity contribution in [2.24, 2.45) is 5.92 Å². The maximum absolute atomic E-state index is 12.3. The molecular formula is C14H27F3N2. The lowest BCUT2D eigenvalue weighted by Crippen LogP contribution is -2.53. The molecular weight excluding hydrogens is 253 g/mol. The Morgan fingerprint density at radius 2 is 1.95 bits per heavy atom. The molecule has 114 valence electrons. The molecule has 19 heavy (non-hydrogen) atoms. The van der Waals surface area contributed by atoms with E-state index in [9.17, 15) is 13.2 Å². The molecule has 1 aliphatic rings. The maximum atomic E-state index is 12.3. The number of alkyl halides is 3. The summed E-state index contributed by atoms with van der Waals surface area (Å²) in [5.74, 6) is 0.526. The number of nitrogens with one attached hydrogen (secondary N) is 1. The minimum Gasteiger partial charge on any atom is -0.305 e. The van der Waals surface area contributed by atoms with Gasteiger partial charge in [0.05, 0.1) is 6.54 Å². The first-order valence-electron chi connectivity index (χ1n) is 7.39. The van der Waals surface area contributed by atoms with Gasteiger partial charge in [0.15, 0.2) is 0 Å². The molecule has 1 aliphatic heterocycles. The summed E-state index contributed by atoms with van der Waals surface area (Å²) in [7, 11) is 0. The molecule has 0 aromatic heterocycles. The second-order valence-electron chi connectivity index (χ2n) is 5.79. The quantitative estimate of drug-likeness (QED) is 0.802. The second kappa shape index (κ2) is 7.48. The van der Waals surface area contributed by atoms with E-state index in [0.29, 0.717) is 12.0 Å². The topological polar surface area (TPSA) is 15.3 Å². The third-order valence-corrected chi connectivity index (χ3v) is 4.07. The predicted molar refractivity (Wildman–Crippen MR) is 72.2 cm³/mol. The molecule has 0 aliphatic carbocycles. The number of likely N-dealkylation sites (tertiary alicyclic amines) is 1. The summed E-state index contributed by atoms with van der Waals surface area (Å²) in [6.45, 7) is 7.34. The first-order valence-corrected chi connectivity index (χ1v) is 7.39. The molecule has 0 saturated carbocycles. The Labute approximate surface area is 114 Å². The fourth-order valence-corrected chi connectivity index (χ4v) is 2.88. The Balaban J connectivity index is 2.54. The van der Waals surface area contributed by atoms with Gasteiger partial charge >= 0.3 is 6.18 Å². The van der Waals surface area contributed by atoms with Crippen LogP contribution in [0.4, 0.5) is 13.2 Å². The van der Waals surface area contributed by atoms with Gasteiger partial charge in [-0.3, -0.25) is 4.90 Å². The van der Waals surface area contributed by atoms with Crippen molar-refractivity contribution in [1.82, 2.24) is 10.2 Å². The van der Waals surface area contributed by atoms with Crippen LogP contribution in [-0.4, -0.2) is 42.8 Å². The van der Waals surface area contributed by atoms with Crippen molar-refractivity contribution in [1.29, 1.82) is 0 Å². The Bertz CT molecular complexity index is 256. The number of hydrogen-bond acceptors (Lipinski definition) is 2. The Hall–Kier alpha value is -0.290. The van der Waals surface area contributed by atoms with Crippen molar-refractivity contribution in [3.05, 3.63) is 0 Å². The molecule has 2 nitrogen and oxygen atoms in total. The van der Waals surface area contributed by atoms with E-state index in [2.05, 4.69) is 31.0 Å². The number of piperidine rings is 1. The van der Waals surface area contributed by atoms with Crippen LogP contribution in [-0.2, 0) is 0 Å². The summed E-state index contributed by atoms with van der Waals surface area (Å²) < 4.78 is 36.9. The molecule has 1 saturated heterocycles. The average molecular weight is 280 g/mol. The third-order valence-electron chi connectivity index (χ3n) is 4.07. The highest BCUT2D eigenvalue weighted by Gasteiger charge is 2.32. The lowest BCUT2D eigenvalue weighted by molar-refractivity contribution is -0.127. The van der Waals surface area contributed by atoms with Crippen molar-refractivity contribution < 1.29 is 13.2 Å². The minimum absolute atomic E-state index is 0.0269. The smallest absolute Gasteiger partial charge is 0.305 e. The van der Waals surface area contributed by atoms with Crippen LogP contribution in [0, 0.1) is 5.92 Å². The van der Waals surface area contributed by atoms with Gasteiger partial charge in [-0.2, -0.15) is 13.2 Å². The molecule has 1 fully saturated rings. The van der Waals surface area contributed by atoms with Crippen molar-refractivity contribution >= 4 is 0 Å². The molecule has 3 atom stereocenters. The molecule has 0 bridgehead atoms. The van der Waals surface area contributed by atoms with Crippen molar-refractivity contribution in [3.8, 4) is 0 Å². The summed E-state index contributed by atoms with van der Waals surface area (Å²) >= 11 is 0. The fourth-order valence-electron chi connectivity index (χ4n) is 2.88. The molecule has 0 amide bonds. The van der Waals surface area contributed by atoms with E-state index in [1.165, 1.54) is 0 Å². The molecule has 0 spiro atoms. The van der Waals surface area contributed by atoms with Gasteiger partial charge in [0.25, 0.3) is 0 Å². The van der Waals surface area contributed by atoms with Crippen molar-refractivity contribution in [2.45, 2.75) is 64.7 Å². The van der Waals surface area contributed by atoms with Gasteiger partial charge in [-0.05, 0) is 32.1 Å². The third kappa shape index (κ3) is 6.13. The SMILES string of the molecule is CCCC1CC(NCC(F)(F)F)CN(C(C)CC)C1. The van der Waals surface area contributed by atoms with Gasteiger partial charge in [-0.25, -0.2) is 0 Å². The summed E-state index contributed by atoms with van der Waals surface area (Å²) in [5, 5.41) is 2.69. The number of nitrogens with zero attached hydrogens (tertiary/aromatic N) is 1. The lowest BCUT2D eigenvalue weighted by Gasteiger charge is -2.41. The van der Waals surface area contributed by atoms with Gasteiger partial charge in [0.2, 0.25) is 0 Å². The van der Waals surface area contributed by atoms with Crippen molar-refractivity contribution in [2.75, 3.05) is 19.6 Å². The standard InChI is InChI=1S/C14H27F3N2/c1-4-6-12-7-13(18-10-14(15,16)17)9-19(8-12)11(3)5-2/h11-13,18H,4-10H2,1-3H3. The van der Waals surface area contributed by atoms with Gasteiger partial charge in [-0.15, -0.1) is 0 Å². The molecule has 1 rings (SSSR count). The number of halogens is 3. The summed E-state index contributed by atoms with van der Waals surface area (Å²) in [6, 6.07) is 0.427. The molecule has 1 heterocycles. The highest BCUT2D eigenvalue weighted by atomic mass is 19.4. The minimum atomic E-state index is -4.11. The van der Waals surface area contributed by atoms with Crippen LogP contribution in [0.2, 0.25) is 0 Å². The van der Waals surface area contributed by atoms with E-state index in [4.69, 9.17) is 0 Å². The van der Waals surface area contributed by atoms with Crippen LogP contribution in [0.25, 0.3) is 0 Å². The average Bonchev–Trinajstić information content (AvgIpc) is 2.35. The zero-order chi connectivity index (χ0) is 14.5. The predicted octanol–water partition coefficient (Wildman–Crippen LogP) is 3.43. The molecule has 0 radical (unpaired) electrons. The monoisotopic (exact) mass is 280 g/mol. The Morgan fingerprint density at radius 1 is 1.26 bits per heavy atom. The second-order valence-corrected chi connectivity index (χ2v) is 5.79. The zero-order valence-corrected chi connectivity index (χ0v) is 12.3. The normalized spacial score (nSPS) is 27.5. The molecule has 0 aromatic rings. The number of rotatable bonds is 6. The summed E-state index contributed by atoms with van der Waals surface area (Å²) in [4.78, 5) is 2.35. The van der Waals surface area contributed by atoms with E-state index >= 15 is 0 Å². The highest BCUT2D eigenvalue weighted by Crippen LogP contribution is 2.24. The maximum Gasteiger partial charge on any atom is 0.401 e. The molecule has 0 aromatic carbocycles.